The van der Waals surface area contributed by atoms with Gasteiger partial charge >= 0.3 is 0 Å². The van der Waals surface area contributed by atoms with Crippen molar-refractivity contribution in [2.75, 3.05) is 6.67 Å². The lowest BCUT2D eigenvalue weighted by atomic mass is 10.2. The number of rotatable bonds is 6. The smallest absolute Gasteiger partial charge is 0.221 e. The molecule has 5 nitrogen and oxygen atoms in total. The van der Waals surface area contributed by atoms with Gasteiger partial charge in [-0.1, -0.05) is 13.3 Å². The van der Waals surface area contributed by atoms with Crippen molar-refractivity contribution in [2.24, 2.45) is 0 Å². The van der Waals surface area contributed by atoms with Gasteiger partial charge in [0.15, 0.2) is 0 Å². The monoisotopic (exact) mass is 241 g/mol. The molecule has 1 heterocycles. The summed E-state index contributed by atoms with van der Waals surface area (Å²) >= 11 is 0. The Kier molecular flexibility index (Phi) is 6.62. The van der Waals surface area contributed by atoms with Crippen molar-refractivity contribution in [3.8, 4) is 0 Å². The Morgan fingerprint density at radius 3 is 3.06 bits per heavy atom. The minimum atomic E-state index is -0.00326. The third kappa shape index (κ3) is 6.26. The average Bonchev–Trinajstić information content (AvgIpc) is 2.51. The van der Waals surface area contributed by atoms with Gasteiger partial charge in [-0.25, -0.2) is 0 Å². The first-order chi connectivity index (χ1) is 8.22. The summed E-state index contributed by atoms with van der Waals surface area (Å²) in [6, 6.07) is 0. The van der Waals surface area contributed by atoms with Crippen LogP contribution < -0.4 is 16.0 Å². The molecule has 1 rings (SSSR count). The summed E-state index contributed by atoms with van der Waals surface area (Å²) in [6.45, 7) is 2.49. The maximum Gasteiger partial charge on any atom is 0.221 e. The Hall–Kier alpha value is -1.10. The fraction of sp³-hybridized carbons (Fsp3) is 0.833. The van der Waals surface area contributed by atoms with Crippen molar-refractivity contribution < 1.29 is 9.59 Å². The summed E-state index contributed by atoms with van der Waals surface area (Å²) in [5.74, 6) is 0.164. The highest BCUT2D eigenvalue weighted by Crippen LogP contribution is 2.07. The molecule has 1 aliphatic rings. The first-order valence-electron chi connectivity index (χ1n) is 6.52. The van der Waals surface area contributed by atoms with Gasteiger partial charge in [-0.15, -0.1) is 0 Å². The fourth-order valence-electron chi connectivity index (χ4n) is 1.82. The van der Waals surface area contributed by atoms with E-state index in [0.29, 0.717) is 19.5 Å². The Balaban J connectivity index is 2.12. The van der Waals surface area contributed by atoms with Gasteiger partial charge in [0.25, 0.3) is 0 Å². The molecule has 1 fully saturated rings. The highest BCUT2D eigenvalue weighted by molar-refractivity contribution is 5.76. The summed E-state index contributed by atoms with van der Waals surface area (Å²) in [5, 5.41) is 8.83. The number of amides is 2. The number of hydrogen-bond donors (Lipinski definition) is 3. The maximum atomic E-state index is 11.3. The Labute approximate surface area is 103 Å². The highest BCUT2D eigenvalue weighted by Gasteiger charge is 2.15. The molecule has 0 aromatic heterocycles. The zero-order valence-corrected chi connectivity index (χ0v) is 10.6. The van der Waals surface area contributed by atoms with E-state index in [-0.39, 0.29) is 18.0 Å². The van der Waals surface area contributed by atoms with E-state index in [1.807, 2.05) is 0 Å². The molecule has 0 aliphatic carbocycles. The van der Waals surface area contributed by atoms with E-state index in [4.69, 9.17) is 0 Å². The molecule has 17 heavy (non-hydrogen) atoms. The van der Waals surface area contributed by atoms with Crippen LogP contribution in [-0.4, -0.2) is 24.6 Å². The lowest BCUT2D eigenvalue weighted by molar-refractivity contribution is -0.121. The predicted molar refractivity (Wildman–Crippen MR) is 66.1 cm³/mol. The second-order valence-electron chi connectivity index (χ2n) is 4.45. The largest absolute Gasteiger partial charge is 0.343 e. The Morgan fingerprint density at radius 2 is 2.29 bits per heavy atom. The third-order valence-electron chi connectivity index (χ3n) is 2.87. The molecule has 0 aromatic rings. The molecule has 0 saturated carbocycles. The molecule has 0 spiro atoms. The minimum Gasteiger partial charge on any atom is -0.343 e. The van der Waals surface area contributed by atoms with Crippen LogP contribution in [0.15, 0.2) is 0 Å². The van der Waals surface area contributed by atoms with E-state index >= 15 is 0 Å². The van der Waals surface area contributed by atoms with Gasteiger partial charge in [-0.05, 0) is 25.7 Å². The van der Waals surface area contributed by atoms with Gasteiger partial charge in [0.1, 0.15) is 0 Å². The first kappa shape index (κ1) is 14.0. The summed E-state index contributed by atoms with van der Waals surface area (Å²) in [5.41, 5.74) is 0. The average molecular weight is 241 g/mol. The molecule has 1 saturated heterocycles. The van der Waals surface area contributed by atoms with Crippen LogP contribution in [0.5, 0.6) is 0 Å². The van der Waals surface area contributed by atoms with Gasteiger partial charge < -0.3 is 10.6 Å². The van der Waals surface area contributed by atoms with E-state index in [1.54, 1.807) is 0 Å². The molecule has 1 aliphatic heterocycles. The molecule has 3 N–H and O–H groups in total. The van der Waals surface area contributed by atoms with E-state index in [2.05, 4.69) is 22.9 Å². The molecule has 2 amide bonds. The molecule has 0 radical (unpaired) electrons. The topological polar surface area (TPSA) is 70.2 Å². The number of nitrogens with one attached hydrogen (secondary N) is 3. The number of hydrogen-bond acceptors (Lipinski definition) is 3. The van der Waals surface area contributed by atoms with Crippen molar-refractivity contribution in [3.05, 3.63) is 0 Å². The van der Waals surface area contributed by atoms with Gasteiger partial charge in [0.2, 0.25) is 11.8 Å². The van der Waals surface area contributed by atoms with E-state index in [0.717, 1.165) is 32.1 Å². The number of carbonyl (C=O) groups excluding carboxylic acids is 2. The van der Waals surface area contributed by atoms with Crippen molar-refractivity contribution in [1.82, 2.24) is 16.0 Å². The quantitative estimate of drug-likeness (QED) is 0.604. The second kappa shape index (κ2) is 8.06. The van der Waals surface area contributed by atoms with Gasteiger partial charge in [0.05, 0.1) is 12.8 Å². The minimum absolute atomic E-state index is 0.00326. The summed E-state index contributed by atoms with van der Waals surface area (Å²) in [4.78, 5) is 22.6. The molecule has 1 atom stereocenters. The summed E-state index contributed by atoms with van der Waals surface area (Å²) in [6.07, 6.45) is 6.06. The van der Waals surface area contributed by atoms with Gasteiger partial charge in [0, 0.05) is 12.8 Å². The fourth-order valence-corrected chi connectivity index (χ4v) is 1.82. The van der Waals surface area contributed by atoms with Crippen LogP contribution in [0.25, 0.3) is 0 Å². The number of carbonyl (C=O) groups is 2. The van der Waals surface area contributed by atoms with E-state index in [9.17, 15) is 9.59 Å². The molecule has 1 unspecified atom stereocenters. The van der Waals surface area contributed by atoms with Crippen molar-refractivity contribution in [3.63, 3.8) is 0 Å². The van der Waals surface area contributed by atoms with Crippen LogP contribution in [0.2, 0.25) is 0 Å². The lowest BCUT2D eigenvalue weighted by Crippen LogP contribution is -2.48. The van der Waals surface area contributed by atoms with Gasteiger partial charge in [-0.2, -0.15) is 0 Å². The Morgan fingerprint density at radius 1 is 1.47 bits per heavy atom. The number of unbranched alkanes of at least 4 members (excludes halogenated alkanes) is 1. The normalized spacial score (nSPS) is 20.5. The van der Waals surface area contributed by atoms with Crippen LogP contribution in [0, 0.1) is 0 Å². The van der Waals surface area contributed by atoms with Crippen LogP contribution in [-0.2, 0) is 9.59 Å². The zero-order chi connectivity index (χ0) is 12.5. The summed E-state index contributed by atoms with van der Waals surface area (Å²) in [7, 11) is 0. The van der Waals surface area contributed by atoms with Crippen molar-refractivity contribution in [1.29, 1.82) is 0 Å². The lowest BCUT2D eigenvalue weighted by Gasteiger charge is -2.17. The second-order valence-corrected chi connectivity index (χ2v) is 4.45. The molecule has 0 aromatic carbocycles. The predicted octanol–water partition coefficient (Wildman–Crippen LogP) is 0.856. The molecular formula is C12H23N3O2. The SMILES string of the molecule is CCCCC(=O)NCNC1CCCCC(=O)N1. The van der Waals surface area contributed by atoms with Crippen molar-refractivity contribution >= 4 is 11.8 Å². The third-order valence-corrected chi connectivity index (χ3v) is 2.87. The summed E-state index contributed by atoms with van der Waals surface area (Å²) < 4.78 is 0. The molecule has 98 valence electrons. The van der Waals surface area contributed by atoms with Crippen LogP contribution >= 0.6 is 0 Å². The standard InChI is InChI=1S/C12H23N3O2/c1-2-3-7-11(16)14-9-13-10-6-4-5-8-12(17)15-10/h10,13H,2-9H2,1H3,(H,14,16)(H,15,17). The van der Waals surface area contributed by atoms with Crippen LogP contribution in [0.3, 0.4) is 0 Å². The van der Waals surface area contributed by atoms with Crippen molar-refractivity contribution in [2.45, 2.75) is 58.0 Å². The Bertz CT molecular complexity index is 256. The first-order valence-corrected chi connectivity index (χ1v) is 6.52. The molecule has 5 heteroatoms. The van der Waals surface area contributed by atoms with E-state index < -0.39 is 0 Å². The molecule has 0 bridgehead atoms. The zero-order valence-electron chi connectivity index (χ0n) is 10.6. The van der Waals surface area contributed by atoms with Crippen LogP contribution in [0.1, 0.15) is 51.9 Å². The highest BCUT2D eigenvalue weighted by atomic mass is 16.2. The van der Waals surface area contributed by atoms with Crippen LogP contribution in [0.4, 0.5) is 0 Å². The maximum absolute atomic E-state index is 11.3. The van der Waals surface area contributed by atoms with E-state index in [1.165, 1.54) is 0 Å². The molecular weight excluding hydrogens is 218 g/mol. The van der Waals surface area contributed by atoms with Gasteiger partial charge in [-0.3, -0.25) is 14.9 Å².